The van der Waals surface area contributed by atoms with E-state index in [-0.39, 0.29) is 0 Å². The van der Waals surface area contributed by atoms with Crippen molar-refractivity contribution in [1.82, 2.24) is 15.0 Å². The highest BCUT2D eigenvalue weighted by molar-refractivity contribution is 5.51. The standard InChI is InChI=1S/C15H16N6O/c1-22-15-9-14(18-11-19-15)21-6-4-20(5-7-21)13-2-3-17-12(8-13)10-16/h2-3,8-9,11H,4-7H2,1H3. The quantitative estimate of drug-likeness (QED) is 0.838. The zero-order chi connectivity index (χ0) is 15.4. The molecule has 3 heterocycles. The van der Waals surface area contributed by atoms with E-state index in [1.54, 1.807) is 13.3 Å². The predicted molar refractivity (Wildman–Crippen MR) is 82.0 cm³/mol. The predicted octanol–water partition coefficient (Wildman–Crippen LogP) is 1.08. The van der Waals surface area contributed by atoms with Crippen molar-refractivity contribution in [2.24, 2.45) is 0 Å². The van der Waals surface area contributed by atoms with Crippen molar-refractivity contribution in [3.63, 3.8) is 0 Å². The summed E-state index contributed by atoms with van der Waals surface area (Å²) < 4.78 is 5.14. The molecule has 0 atom stereocenters. The third-order valence-electron chi connectivity index (χ3n) is 3.66. The molecule has 0 radical (unpaired) electrons. The maximum atomic E-state index is 8.94. The Bertz CT molecular complexity index is 690. The van der Waals surface area contributed by atoms with Gasteiger partial charge in [-0.3, -0.25) is 0 Å². The Labute approximate surface area is 128 Å². The molecule has 7 heteroatoms. The summed E-state index contributed by atoms with van der Waals surface area (Å²) in [5.74, 6) is 1.44. The van der Waals surface area contributed by atoms with Crippen molar-refractivity contribution in [2.75, 3.05) is 43.1 Å². The van der Waals surface area contributed by atoms with Crippen LogP contribution in [-0.2, 0) is 0 Å². The van der Waals surface area contributed by atoms with Gasteiger partial charge in [0.1, 0.15) is 23.9 Å². The summed E-state index contributed by atoms with van der Waals surface area (Å²) in [5, 5.41) is 8.94. The fourth-order valence-corrected chi connectivity index (χ4v) is 2.49. The van der Waals surface area contributed by atoms with Crippen molar-refractivity contribution in [1.29, 1.82) is 5.26 Å². The fraction of sp³-hybridized carbons (Fsp3) is 0.333. The number of hydrogen-bond acceptors (Lipinski definition) is 7. The number of pyridine rings is 1. The molecule has 1 fully saturated rings. The lowest BCUT2D eigenvalue weighted by molar-refractivity contribution is 0.396. The normalized spacial score (nSPS) is 14.5. The Hall–Kier alpha value is -2.88. The summed E-state index contributed by atoms with van der Waals surface area (Å²) in [5.41, 5.74) is 1.48. The van der Waals surface area contributed by atoms with E-state index < -0.39 is 0 Å². The van der Waals surface area contributed by atoms with Crippen molar-refractivity contribution < 1.29 is 4.74 Å². The molecule has 3 rings (SSSR count). The summed E-state index contributed by atoms with van der Waals surface area (Å²) in [7, 11) is 1.60. The monoisotopic (exact) mass is 296 g/mol. The van der Waals surface area contributed by atoms with Gasteiger partial charge in [-0.1, -0.05) is 0 Å². The van der Waals surface area contributed by atoms with Gasteiger partial charge in [0.15, 0.2) is 0 Å². The number of aromatic nitrogens is 3. The average molecular weight is 296 g/mol. The van der Waals surface area contributed by atoms with E-state index in [1.807, 2.05) is 18.2 Å². The molecule has 0 aromatic carbocycles. The van der Waals surface area contributed by atoms with E-state index in [1.165, 1.54) is 6.33 Å². The minimum Gasteiger partial charge on any atom is -0.481 e. The van der Waals surface area contributed by atoms with Crippen molar-refractivity contribution in [3.8, 4) is 11.9 Å². The van der Waals surface area contributed by atoms with E-state index in [0.717, 1.165) is 37.7 Å². The first-order valence-electron chi connectivity index (χ1n) is 7.02. The van der Waals surface area contributed by atoms with Gasteiger partial charge in [-0.25, -0.2) is 15.0 Å². The Morgan fingerprint density at radius 2 is 1.86 bits per heavy atom. The van der Waals surface area contributed by atoms with Crippen LogP contribution in [-0.4, -0.2) is 48.2 Å². The zero-order valence-corrected chi connectivity index (χ0v) is 12.3. The first kappa shape index (κ1) is 14.1. The Morgan fingerprint density at radius 3 is 2.59 bits per heavy atom. The molecule has 0 bridgehead atoms. The van der Waals surface area contributed by atoms with E-state index >= 15 is 0 Å². The molecule has 1 aliphatic heterocycles. The number of anilines is 2. The van der Waals surface area contributed by atoms with Gasteiger partial charge in [0.25, 0.3) is 0 Å². The molecular formula is C15H16N6O. The molecule has 0 spiro atoms. The van der Waals surface area contributed by atoms with E-state index in [0.29, 0.717) is 11.6 Å². The number of methoxy groups -OCH3 is 1. The molecular weight excluding hydrogens is 280 g/mol. The molecule has 22 heavy (non-hydrogen) atoms. The summed E-state index contributed by atoms with van der Waals surface area (Å²) in [4.78, 5) is 16.8. The molecule has 0 saturated carbocycles. The van der Waals surface area contributed by atoms with Gasteiger partial charge in [-0.15, -0.1) is 0 Å². The van der Waals surface area contributed by atoms with Crippen LogP contribution in [0.2, 0.25) is 0 Å². The van der Waals surface area contributed by atoms with Crippen LogP contribution in [0.4, 0.5) is 11.5 Å². The Morgan fingerprint density at radius 1 is 1.09 bits per heavy atom. The van der Waals surface area contributed by atoms with Gasteiger partial charge in [0, 0.05) is 44.1 Å². The first-order chi connectivity index (χ1) is 10.8. The number of ether oxygens (including phenoxy) is 1. The summed E-state index contributed by atoms with van der Waals surface area (Å²) in [6.45, 7) is 3.43. The van der Waals surface area contributed by atoms with Crippen LogP contribution >= 0.6 is 0 Å². The molecule has 0 N–H and O–H groups in total. The summed E-state index contributed by atoms with van der Waals surface area (Å²) in [6, 6.07) is 7.68. The highest BCUT2D eigenvalue weighted by Gasteiger charge is 2.19. The third-order valence-corrected chi connectivity index (χ3v) is 3.66. The van der Waals surface area contributed by atoms with Crippen molar-refractivity contribution >= 4 is 11.5 Å². The topological polar surface area (TPSA) is 78.2 Å². The number of rotatable bonds is 3. The second-order valence-corrected chi connectivity index (χ2v) is 4.90. The van der Waals surface area contributed by atoms with Gasteiger partial charge in [-0.2, -0.15) is 5.26 Å². The van der Waals surface area contributed by atoms with Crippen LogP contribution in [0.25, 0.3) is 0 Å². The van der Waals surface area contributed by atoms with Gasteiger partial charge < -0.3 is 14.5 Å². The largest absolute Gasteiger partial charge is 0.481 e. The minimum atomic E-state index is 0.445. The third kappa shape index (κ3) is 2.91. The van der Waals surface area contributed by atoms with Crippen LogP contribution in [0.5, 0.6) is 5.88 Å². The molecule has 2 aromatic rings. The number of nitrogens with zero attached hydrogens (tertiary/aromatic N) is 6. The average Bonchev–Trinajstić information content (AvgIpc) is 2.62. The lowest BCUT2D eigenvalue weighted by Gasteiger charge is -2.36. The zero-order valence-electron chi connectivity index (χ0n) is 12.3. The second-order valence-electron chi connectivity index (χ2n) is 4.90. The fourth-order valence-electron chi connectivity index (χ4n) is 2.49. The first-order valence-corrected chi connectivity index (χ1v) is 7.02. The molecule has 112 valence electrons. The second kappa shape index (κ2) is 6.26. The van der Waals surface area contributed by atoms with E-state index in [2.05, 4.69) is 30.8 Å². The SMILES string of the molecule is COc1cc(N2CCN(c3ccnc(C#N)c3)CC2)ncn1. The highest BCUT2D eigenvalue weighted by atomic mass is 16.5. The van der Waals surface area contributed by atoms with Gasteiger partial charge in [0.2, 0.25) is 5.88 Å². The summed E-state index contributed by atoms with van der Waals surface area (Å²) in [6.07, 6.45) is 3.19. The van der Waals surface area contributed by atoms with Crippen LogP contribution in [0, 0.1) is 11.3 Å². The van der Waals surface area contributed by atoms with Crippen LogP contribution < -0.4 is 14.5 Å². The molecule has 2 aromatic heterocycles. The molecule has 0 unspecified atom stereocenters. The van der Waals surface area contributed by atoms with Gasteiger partial charge in [-0.05, 0) is 12.1 Å². The lowest BCUT2D eigenvalue weighted by Crippen LogP contribution is -2.46. The molecule has 1 saturated heterocycles. The van der Waals surface area contributed by atoms with Crippen LogP contribution in [0.15, 0.2) is 30.7 Å². The molecule has 0 amide bonds. The Balaban J connectivity index is 1.68. The van der Waals surface area contributed by atoms with Crippen LogP contribution in [0.3, 0.4) is 0 Å². The number of nitriles is 1. The smallest absolute Gasteiger partial charge is 0.218 e. The minimum absolute atomic E-state index is 0.445. The number of hydrogen-bond donors (Lipinski definition) is 0. The highest BCUT2D eigenvalue weighted by Crippen LogP contribution is 2.20. The summed E-state index contributed by atoms with van der Waals surface area (Å²) >= 11 is 0. The molecule has 0 aliphatic carbocycles. The molecule has 7 nitrogen and oxygen atoms in total. The lowest BCUT2D eigenvalue weighted by atomic mass is 10.2. The Kier molecular flexibility index (Phi) is 4.01. The maximum Gasteiger partial charge on any atom is 0.218 e. The van der Waals surface area contributed by atoms with Crippen molar-refractivity contribution in [3.05, 3.63) is 36.4 Å². The van der Waals surface area contributed by atoms with Crippen LogP contribution in [0.1, 0.15) is 5.69 Å². The van der Waals surface area contributed by atoms with Crippen molar-refractivity contribution in [2.45, 2.75) is 0 Å². The van der Waals surface area contributed by atoms with Gasteiger partial charge in [0.05, 0.1) is 7.11 Å². The number of piperazine rings is 1. The van der Waals surface area contributed by atoms with E-state index in [9.17, 15) is 0 Å². The van der Waals surface area contributed by atoms with E-state index in [4.69, 9.17) is 10.00 Å². The maximum absolute atomic E-state index is 8.94. The molecule has 1 aliphatic rings. The van der Waals surface area contributed by atoms with Gasteiger partial charge >= 0.3 is 0 Å².